The summed E-state index contributed by atoms with van der Waals surface area (Å²) in [5.74, 6) is -1.07. The van der Waals surface area contributed by atoms with Crippen LogP contribution in [-0.2, 0) is 11.2 Å². The Kier molecular flexibility index (Phi) is 4.29. The Morgan fingerprint density at radius 3 is 2.67 bits per heavy atom. The highest BCUT2D eigenvalue weighted by molar-refractivity contribution is 7.71. The molecule has 1 aromatic heterocycles. The number of aliphatic carboxylic acids is 1. The number of nitrogens with one attached hydrogen (secondary N) is 1. The Balaban J connectivity index is 2.74. The van der Waals surface area contributed by atoms with E-state index in [2.05, 4.69) is 4.98 Å². The van der Waals surface area contributed by atoms with Gasteiger partial charge in [0, 0.05) is 16.3 Å². The molecule has 0 saturated heterocycles. The van der Waals surface area contributed by atoms with Crippen molar-refractivity contribution in [1.29, 1.82) is 0 Å². The van der Waals surface area contributed by atoms with Crippen molar-refractivity contribution in [2.75, 3.05) is 0 Å². The highest BCUT2D eigenvalue weighted by Crippen LogP contribution is 2.19. The predicted molar refractivity (Wildman–Crippen MR) is 83.0 cm³/mol. The number of nitrogens with zero attached hydrogens (tertiary/aromatic N) is 1. The second-order valence-corrected chi connectivity index (χ2v) is 5.47. The Bertz CT molecular complexity index is 839. The molecule has 0 unspecified atom stereocenters. The van der Waals surface area contributed by atoms with Crippen molar-refractivity contribution in [2.45, 2.75) is 20.3 Å². The summed E-state index contributed by atoms with van der Waals surface area (Å²) in [6.07, 6.45) is -0.365. The minimum Gasteiger partial charge on any atom is -0.481 e. The normalized spacial score (nSPS) is 10.6. The van der Waals surface area contributed by atoms with Crippen molar-refractivity contribution in [3.8, 4) is 5.69 Å². The van der Waals surface area contributed by atoms with E-state index in [4.69, 9.17) is 28.9 Å². The number of rotatable bonds is 3. The van der Waals surface area contributed by atoms with Crippen LogP contribution in [0.3, 0.4) is 0 Å². The van der Waals surface area contributed by atoms with E-state index in [-0.39, 0.29) is 16.8 Å². The average Bonchev–Trinajstić information content (AvgIpc) is 2.38. The highest BCUT2D eigenvalue weighted by atomic mass is 35.5. The van der Waals surface area contributed by atoms with Crippen LogP contribution in [0, 0.1) is 18.6 Å². The van der Waals surface area contributed by atoms with Crippen LogP contribution in [-0.4, -0.2) is 20.6 Å². The number of aromatic nitrogens is 2. The molecule has 1 heterocycles. The van der Waals surface area contributed by atoms with E-state index in [9.17, 15) is 9.59 Å². The van der Waals surface area contributed by atoms with E-state index in [1.54, 1.807) is 25.1 Å². The number of hydrogen-bond donors (Lipinski definition) is 2. The Morgan fingerprint density at radius 2 is 2.10 bits per heavy atom. The summed E-state index contributed by atoms with van der Waals surface area (Å²) in [6, 6.07) is 5.11. The largest absolute Gasteiger partial charge is 0.481 e. The van der Waals surface area contributed by atoms with Gasteiger partial charge in [-0.1, -0.05) is 17.7 Å². The van der Waals surface area contributed by atoms with E-state index in [1.165, 1.54) is 4.57 Å². The number of halogens is 1. The minimum atomic E-state index is -1.07. The van der Waals surface area contributed by atoms with E-state index in [1.807, 2.05) is 6.92 Å². The number of carboxylic acids is 1. The van der Waals surface area contributed by atoms with Crippen LogP contribution in [0.2, 0.25) is 5.02 Å². The zero-order valence-corrected chi connectivity index (χ0v) is 13.0. The predicted octanol–water partition coefficient (Wildman–Crippen LogP) is 2.79. The molecule has 0 spiro atoms. The van der Waals surface area contributed by atoms with Gasteiger partial charge in [-0.3, -0.25) is 14.2 Å². The van der Waals surface area contributed by atoms with Crippen LogP contribution < -0.4 is 5.56 Å². The number of H-pyrrole nitrogens is 1. The Hall–Kier alpha value is -1.92. The summed E-state index contributed by atoms with van der Waals surface area (Å²) in [7, 11) is 0. The fraction of sp³-hybridized carbons (Fsp3) is 0.214. The molecule has 0 aliphatic carbocycles. The molecule has 0 bridgehead atoms. The van der Waals surface area contributed by atoms with Gasteiger partial charge in [-0.25, -0.2) is 0 Å². The van der Waals surface area contributed by atoms with Crippen molar-refractivity contribution in [1.82, 2.24) is 9.55 Å². The number of carboxylic acid groups (broad SMARTS) is 1. The first kappa shape index (κ1) is 15.5. The van der Waals surface area contributed by atoms with Crippen LogP contribution in [0.4, 0.5) is 0 Å². The lowest BCUT2D eigenvalue weighted by Gasteiger charge is -2.11. The molecule has 110 valence electrons. The lowest BCUT2D eigenvalue weighted by molar-refractivity contribution is -0.136. The van der Waals surface area contributed by atoms with Crippen LogP contribution in [0.25, 0.3) is 5.69 Å². The maximum absolute atomic E-state index is 12.5. The molecule has 21 heavy (non-hydrogen) atoms. The zero-order valence-electron chi connectivity index (χ0n) is 11.4. The third-order valence-electron chi connectivity index (χ3n) is 3.15. The summed E-state index contributed by atoms with van der Waals surface area (Å²) in [5.41, 5.74) is 1.57. The first-order chi connectivity index (χ1) is 9.81. The first-order valence-electron chi connectivity index (χ1n) is 6.14. The van der Waals surface area contributed by atoms with Gasteiger partial charge in [0.15, 0.2) is 4.77 Å². The van der Waals surface area contributed by atoms with Crippen molar-refractivity contribution in [3.05, 3.63) is 55.2 Å². The van der Waals surface area contributed by atoms with Crippen LogP contribution in [0.15, 0.2) is 23.0 Å². The highest BCUT2D eigenvalue weighted by Gasteiger charge is 2.14. The lowest BCUT2D eigenvalue weighted by Crippen LogP contribution is -2.27. The molecule has 0 atom stereocenters. The van der Waals surface area contributed by atoms with Crippen molar-refractivity contribution < 1.29 is 9.90 Å². The summed E-state index contributed by atoms with van der Waals surface area (Å²) in [5, 5.41) is 9.43. The van der Waals surface area contributed by atoms with Gasteiger partial charge in [0.25, 0.3) is 5.56 Å². The topological polar surface area (TPSA) is 75.1 Å². The molecule has 0 fully saturated rings. The minimum absolute atomic E-state index is 0.174. The van der Waals surface area contributed by atoms with Gasteiger partial charge in [0.1, 0.15) is 0 Å². The standard InChI is InChI=1S/C14H13ClN2O3S/c1-7-3-4-9(5-11(7)15)17-13(20)10(6-12(18)19)8(2)16-14(17)21/h3-5H,6H2,1-2H3,(H,16,21)(H,18,19). The van der Waals surface area contributed by atoms with Crippen LogP contribution >= 0.6 is 23.8 Å². The quantitative estimate of drug-likeness (QED) is 0.851. The number of benzene rings is 1. The second kappa shape index (κ2) is 5.83. The van der Waals surface area contributed by atoms with Crippen molar-refractivity contribution in [2.24, 2.45) is 0 Å². The number of hydrogen-bond acceptors (Lipinski definition) is 3. The first-order valence-corrected chi connectivity index (χ1v) is 6.93. The van der Waals surface area contributed by atoms with Crippen molar-refractivity contribution >= 4 is 29.8 Å². The van der Waals surface area contributed by atoms with Gasteiger partial charge in [-0.15, -0.1) is 0 Å². The van der Waals surface area contributed by atoms with Gasteiger partial charge >= 0.3 is 5.97 Å². The fourth-order valence-electron chi connectivity index (χ4n) is 1.99. The molecule has 0 saturated carbocycles. The Labute approximate surface area is 130 Å². The SMILES string of the molecule is Cc1ccc(-n2c(=S)[nH]c(C)c(CC(=O)O)c2=O)cc1Cl. The smallest absolute Gasteiger partial charge is 0.308 e. The lowest BCUT2D eigenvalue weighted by atomic mass is 10.1. The van der Waals surface area contributed by atoms with Gasteiger partial charge in [0.2, 0.25) is 0 Å². The molecule has 0 radical (unpaired) electrons. The summed E-state index contributed by atoms with van der Waals surface area (Å²) < 4.78 is 1.46. The molecule has 0 aliphatic rings. The third-order valence-corrected chi connectivity index (χ3v) is 3.84. The zero-order chi connectivity index (χ0) is 15.7. The van der Waals surface area contributed by atoms with Crippen LogP contribution in [0.1, 0.15) is 16.8 Å². The third kappa shape index (κ3) is 3.06. The summed E-state index contributed by atoms with van der Waals surface area (Å²) in [6.45, 7) is 3.47. The molecule has 1 aromatic carbocycles. The van der Waals surface area contributed by atoms with Gasteiger partial charge in [-0.2, -0.15) is 0 Å². The number of aromatic amines is 1. The number of carbonyl (C=O) groups is 1. The number of aryl methyl sites for hydroxylation is 2. The summed E-state index contributed by atoms with van der Waals surface area (Å²) >= 11 is 11.2. The molecular weight excluding hydrogens is 312 g/mol. The molecule has 5 nitrogen and oxygen atoms in total. The molecule has 2 rings (SSSR count). The second-order valence-electron chi connectivity index (χ2n) is 4.68. The van der Waals surface area contributed by atoms with Crippen molar-refractivity contribution in [3.63, 3.8) is 0 Å². The van der Waals surface area contributed by atoms with E-state index >= 15 is 0 Å². The fourth-order valence-corrected chi connectivity index (χ4v) is 2.51. The monoisotopic (exact) mass is 324 g/mol. The van der Waals surface area contributed by atoms with Gasteiger partial charge < -0.3 is 10.1 Å². The van der Waals surface area contributed by atoms with Crippen LogP contribution in [0.5, 0.6) is 0 Å². The molecule has 2 N–H and O–H groups in total. The van der Waals surface area contributed by atoms with E-state index in [0.29, 0.717) is 16.4 Å². The molecule has 2 aromatic rings. The summed E-state index contributed by atoms with van der Waals surface area (Å²) in [4.78, 5) is 26.3. The van der Waals surface area contributed by atoms with E-state index in [0.717, 1.165) is 5.56 Å². The maximum Gasteiger partial charge on any atom is 0.308 e. The van der Waals surface area contributed by atoms with Gasteiger partial charge in [-0.05, 0) is 43.8 Å². The molecule has 0 aliphatic heterocycles. The van der Waals surface area contributed by atoms with E-state index < -0.39 is 11.5 Å². The Morgan fingerprint density at radius 1 is 1.43 bits per heavy atom. The maximum atomic E-state index is 12.5. The van der Waals surface area contributed by atoms with Gasteiger partial charge in [0.05, 0.1) is 12.1 Å². The average molecular weight is 325 g/mol. The molecule has 7 heteroatoms. The molecule has 0 amide bonds. The molecular formula is C14H13ClN2O3S.